The Kier molecular flexibility index (Phi) is 4.95. The topological polar surface area (TPSA) is 102 Å². The molecule has 0 unspecified atom stereocenters. The molecular weight excluding hydrogens is 438 g/mol. The quantitative estimate of drug-likeness (QED) is 0.366. The monoisotopic (exact) mass is 465 g/mol. The zero-order chi connectivity index (χ0) is 23.2. The summed E-state index contributed by atoms with van der Waals surface area (Å²) >= 11 is 0. The Balaban J connectivity index is 1.26. The van der Waals surface area contributed by atoms with Crippen LogP contribution in [0.1, 0.15) is 12.0 Å². The van der Waals surface area contributed by atoms with E-state index in [1.165, 1.54) is 25.1 Å². The minimum atomic E-state index is 0.748. The van der Waals surface area contributed by atoms with Crippen LogP contribution < -0.4 is 10.2 Å². The third kappa shape index (κ3) is 3.73. The molecule has 0 spiro atoms. The minimum Gasteiger partial charge on any atom is -0.366 e. The number of piperazine rings is 1. The molecule has 0 aliphatic carbocycles. The van der Waals surface area contributed by atoms with Gasteiger partial charge in [0.1, 0.15) is 11.2 Å². The molecule has 0 radical (unpaired) electrons. The van der Waals surface area contributed by atoms with Gasteiger partial charge in [0, 0.05) is 56.1 Å². The number of nitrogens with zero attached hydrogens (tertiary/aromatic N) is 6. The van der Waals surface area contributed by atoms with E-state index in [0.29, 0.717) is 0 Å². The number of imidazole rings is 1. The number of pyridine rings is 2. The van der Waals surface area contributed by atoms with Gasteiger partial charge in [-0.2, -0.15) is 5.10 Å². The van der Waals surface area contributed by atoms with Gasteiger partial charge < -0.3 is 15.2 Å². The zero-order valence-electron chi connectivity index (χ0n) is 19.5. The molecule has 9 heteroatoms. The number of benzene rings is 1. The lowest BCUT2D eigenvalue weighted by Gasteiger charge is -2.30. The number of aromatic amines is 2. The SMILES string of the molecule is c1ncc(-c2ccc3[nH]nc(-c4nc5c(N6CCNCC6)cncc5[nH]4)c3c2)cc1CN1CCC1. The van der Waals surface area contributed by atoms with E-state index < -0.39 is 0 Å². The van der Waals surface area contributed by atoms with E-state index in [1.807, 2.05) is 24.8 Å². The Morgan fingerprint density at radius 1 is 0.857 bits per heavy atom. The van der Waals surface area contributed by atoms with Gasteiger partial charge >= 0.3 is 0 Å². The highest BCUT2D eigenvalue weighted by Gasteiger charge is 2.19. The smallest absolute Gasteiger partial charge is 0.159 e. The molecule has 9 nitrogen and oxygen atoms in total. The van der Waals surface area contributed by atoms with Crippen LogP contribution in [0.3, 0.4) is 0 Å². The molecule has 6 heterocycles. The minimum absolute atomic E-state index is 0.748. The lowest BCUT2D eigenvalue weighted by atomic mass is 10.0. The first-order chi connectivity index (χ1) is 17.3. The van der Waals surface area contributed by atoms with Crippen LogP contribution in [0, 0.1) is 0 Å². The number of fused-ring (bicyclic) bond motifs is 2. The highest BCUT2D eigenvalue weighted by Crippen LogP contribution is 2.32. The average molecular weight is 466 g/mol. The van der Waals surface area contributed by atoms with E-state index in [-0.39, 0.29) is 0 Å². The van der Waals surface area contributed by atoms with E-state index >= 15 is 0 Å². The molecule has 2 aliphatic rings. The van der Waals surface area contributed by atoms with Crippen molar-refractivity contribution < 1.29 is 0 Å². The number of hydrogen-bond acceptors (Lipinski definition) is 7. The summed E-state index contributed by atoms with van der Waals surface area (Å²) in [5.74, 6) is 0.748. The largest absolute Gasteiger partial charge is 0.366 e. The lowest BCUT2D eigenvalue weighted by molar-refractivity contribution is 0.172. The van der Waals surface area contributed by atoms with Gasteiger partial charge in [0.25, 0.3) is 0 Å². The maximum Gasteiger partial charge on any atom is 0.159 e. The number of H-pyrrole nitrogens is 2. The summed E-state index contributed by atoms with van der Waals surface area (Å²) in [6, 6.07) is 8.64. The molecule has 0 atom stereocenters. The third-order valence-corrected chi connectivity index (χ3v) is 7.10. The van der Waals surface area contributed by atoms with E-state index in [2.05, 4.69) is 64.5 Å². The standard InChI is InChI=1S/C26H27N9/c1-6-34(7-1)16-17-10-19(13-28-12-17)18-2-3-21-20(11-18)24(33-32-21)26-30-22-14-29-15-23(25(22)31-26)35-8-4-27-5-9-35/h2-3,10-15,27H,1,4-9,16H2,(H,30,31)(H,32,33). The van der Waals surface area contributed by atoms with Gasteiger partial charge in [0.2, 0.25) is 0 Å². The van der Waals surface area contributed by atoms with Crippen molar-refractivity contribution in [2.45, 2.75) is 13.0 Å². The van der Waals surface area contributed by atoms with Gasteiger partial charge in [-0.1, -0.05) is 6.07 Å². The molecule has 3 N–H and O–H groups in total. The van der Waals surface area contributed by atoms with Crippen LogP contribution in [0.15, 0.2) is 49.1 Å². The molecule has 1 aromatic carbocycles. The maximum atomic E-state index is 4.99. The van der Waals surface area contributed by atoms with Gasteiger partial charge in [-0.15, -0.1) is 0 Å². The Bertz CT molecular complexity index is 1510. The molecule has 7 rings (SSSR count). The second-order valence-corrected chi connectivity index (χ2v) is 9.42. The fourth-order valence-corrected chi connectivity index (χ4v) is 5.07. The molecule has 5 aromatic rings. The van der Waals surface area contributed by atoms with Crippen molar-refractivity contribution >= 4 is 27.6 Å². The Morgan fingerprint density at radius 3 is 2.60 bits per heavy atom. The Morgan fingerprint density at radius 2 is 1.74 bits per heavy atom. The van der Waals surface area contributed by atoms with Crippen molar-refractivity contribution in [2.75, 3.05) is 44.2 Å². The number of rotatable bonds is 5. The van der Waals surface area contributed by atoms with E-state index in [1.54, 1.807) is 0 Å². The van der Waals surface area contributed by atoms with Gasteiger partial charge in [-0.3, -0.25) is 20.0 Å². The van der Waals surface area contributed by atoms with Crippen molar-refractivity contribution in [1.82, 2.24) is 40.3 Å². The summed E-state index contributed by atoms with van der Waals surface area (Å²) in [6.45, 7) is 7.15. The molecule has 0 saturated carbocycles. The molecule has 176 valence electrons. The predicted molar refractivity (Wildman–Crippen MR) is 137 cm³/mol. The fourth-order valence-electron chi connectivity index (χ4n) is 5.07. The van der Waals surface area contributed by atoms with Crippen LogP contribution in [-0.2, 0) is 6.54 Å². The summed E-state index contributed by atoms with van der Waals surface area (Å²) in [4.78, 5) is 22.2. The summed E-state index contributed by atoms with van der Waals surface area (Å²) in [5, 5.41) is 12.2. The van der Waals surface area contributed by atoms with Gasteiger partial charge in [0.05, 0.1) is 29.1 Å². The third-order valence-electron chi connectivity index (χ3n) is 7.10. The van der Waals surface area contributed by atoms with Crippen molar-refractivity contribution in [2.24, 2.45) is 0 Å². The van der Waals surface area contributed by atoms with Gasteiger partial charge in [-0.25, -0.2) is 4.98 Å². The second-order valence-electron chi connectivity index (χ2n) is 9.42. The van der Waals surface area contributed by atoms with E-state index in [0.717, 1.165) is 83.0 Å². The summed E-state index contributed by atoms with van der Waals surface area (Å²) in [5.41, 5.74) is 8.21. The van der Waals surface area contributed by atoms with E-state index in [4.69, 9.17) is 4.98 Å². The van der Waals surface area contributed by atoms with E-state index in [9.17, 15) is 0 Å². The van der Waals surface area contributed by atoms with Crippen LogP contribution in [0.25, 0.3) is 44.6 Å². The molecule has 2 fully saturated rings. The normalized spacial score (nSPS) is 16.7. The maximum absolute atomic E-state index is 4.99. The number of hydrogen-bond donors (Lipinski definition) is 3. The molecular formula is C26H27N9. The van der Waals surface area contributed by atoms with Crippen molar-refractivity contribution in [1.29, 1.82) is 0 Å². The first-order valence-electron chi connectivity index (χ1n) is 12.3. The Labute approximate surface area is 202 Å². The summed E-state index contributed by atoms with van der Waals surface area (Å²) in [6.07, 6.45) is 8.96. The molecule has 0 bridgehead atoms. The lowest BCUT2D eigenvalue weighted by Crippen LogP contribution is -2.43. The molecule has 0 amide bonds. The summed E-state index contributed by atoms with van der Waals surface area (Å²) in [7, 11) is 0. The highest BCUT2D eigenvalue weighted by molar-refractivity contribution is 5.97. The zero-order valence-corrected chi connectivity index (χ0v) is 19.5. The second kappa shape index (κ2) is 8.44. The molecule has 4 aromatic heterocycles. The van der Waals surface area contributed by atoms with Crippen LogP contribution in [-0.4, -0.2) is 74.3 Å². The number of nitrogens with one attached hydrogen (secondary N) is 3. The van der Waals surface area contributed by atoms with Crippen LogP contribution in [0.4, 0.5) is 5.69 Å². The Hall–Kier alpha value is -3.82. The first-order valence-corrected chi connectivity index (χ1v) is 12.3. The molecule has 2 aliphatic heterocycles. The van der Waals surface area contributed by atoms with Crippen molar-refractivity contribution in [3.63, 3.8) is 0 Å². The molecule has 35 heavy (non-hydrogen) atoms. The predicted octanol–water partition coefficient (Wildman–Crippen LogP) is 3.18. The van der Waals surface area contributed by atoms with Crippen LogP contribution in [0.2, 0.25) is 0 Å². The highest BCUT2D eigenvalue weighted by atomic mass is 15.2. The van der Waals surface area contributed by atoms with Crippen LogP contribution in [0.5, 0.6) is 0 Å². The summed E-state index contributed by atoms with van der Waals surface area (Å²) < 4.78 is 0. The number of aromatic nitrogens is 6. The fraction of sp³-hybridized carbons (Fsp3) is 0.308. The van der Waals surface area contributed by atoms with Crippen molar-refractivity contribution in [3.8, 4) is 22.6 Å². The average Bonchev–Trinajstić information content (AvgIpc) is 3.50. The number of likely N-dealkylation sites (tertiary alicyclic amines) is 1. The molecule has 2 saturated heterocycles. The van der Waals surface area contributed by atoms with Crippen LogP contribution >= 0.6 is 0 Å². The van der Waals surface area contributed by atoms with Crippen molar-refractivity contribution in [3.05, 3.63) is 54.6 Å². The van der Waals surface area contributed by atoms with Gasteiger partial charge in [-0.05, 0) is 48.8 Å². The van der Waals surface area contributed by atoms with Gasteiger partial charge in [0.15, 0.2) is 5.82 Å². The number of anilines is 1. The first kappa shape index (κ1) is 20.5.